The van der Waals surface area contributed by atoms with Gasteiger partial charge in [0.25, 0.3) is 0 Å². The number of hydrogen-bond acceptors (Lipinski definition) is 4. The zero-order valence-electron chi connectivity index (χ0n) is 9.98. The number of hydrogen-bond donors (Lipinski definition) is 1. The van der Waals surface area contributed by atoms with E-state index in [1.807, 2.05) is 0 Å². The molecular formula is C12H6F2N2O4. The third-order valence-corrected chi connectivity index (χ3v) is 2.99. The Kier molecular flexibility index (Phi) is 2.37. The number of benzene rings is 1. The van der Waals surface area contributed by atoms with Crippen molar-refractivity contribution in [1.82, 2.24) is 4.57 Å². The fourth-order valence-electron chi connectivity index (χ4n) is 2.05. The van der Waals surface area contributed by atoms with E-state index in [-0.39, 0.29) is 16.7 Å². The molecule has 1 aliphatic rings. The summed E-state index contributed by atoms with van der Waals surface area (Å²) in [7, 11) is 0. The number of rotatable bonds is 1. The van der Waals surface area contributed by atoms with Crippen LogP contribution in [-0.4, -0.2) is 21.5 Å². The molecule has 1 aromatic heterocycles. The van der Waals surface area contributed by atoms with Gasteiger partial charge in [0, 0.05) is 6.20 Å². The lowest BCUT2D eigenvalue weighted by atomic mass is 10.1. The average Bonchev–Trinajstić information content (AvgIpc) is 2.39. The van der Waals surface area contributed by atoms with Crippen LogP contribution in [-0.2, 0) is 0 Å². The summed E-state index contributed by atoms with van der Waals surface area (Å²) in [5, 5.41) is 12.2. The Morgan fingerprint density at radius 3 is 2.80 bits per heavy atom. The highest BCUT2D eigenvalue weighted by Crippen LogP contribution is 2.32. The fourth-order valence-corrected chi connectivity index (χ4v) is 2.05. The van der Waals surface area contributed by atoms with Gasteiger partial charge in [0.1, 0.15) is 11.1 Å². The van der Waals surface area contributed by atoms with Gasteiger partial charge in [-0.2, -0.15) is 4.39 Å². The zero-order chi connectivity index (χ0) is 14.6. The monoisotopic (exact) mass is 280 g/mol. The molecule has 0 saturated carbocycles. The minimum atomic E-state index is -1.47. The number of oxime groups is 1. The summed E-state index contributed by atoms with van der Waals surface area (Å²) >= 11 is 0. The van der Waals surface area contributed by atoms with E-state index < -0.39 is 34.3 Å². The van der Waals surface area contributed by atoms with Gasteiger partial charge in [0.05, 0.1) is 5.39 Å². The van der Waals surface area contributed by atoms with Gasteiger partial charge in [-0.25, -0.2) is 9.18 Å². The first-order valence-corrected chi connectivity index (χ1v) is 5.44. The highest BCUT2D eigenvalue weighted by molar-refractivity contribution is 6.01. The molecule has 0 amide bonds. The predicted molar refractivity (Wildman–Crippen MR) is 64.2 cm³/mol. The molecule has 102 valence electrons. The van der Waals surface area contributed by atoms with Crippen LogP contribution in [0.3, 0.4) is 0 Å². The largest absolute Gasteiger partial charge is 0.477 e. The first-order valence-electron chi connectivity index (χ1n) is 5.44. The summed E-state index contributed by atoms with van der Waals surface area (Å²) in [5.74, 6) is -4.42. The quantitative estimate of drug-likeness (QED) is 0.859. The molecule has 3 rings (SSSR count). The minimum absolute atomic E-state index is 0.0496. The maximum atomic E-state index is 13.7. The van der Waals surface area contributed by atoms with Crippen molar-refractivity contribution in [1.29, 1.82) is 0 Å². The average molecular weight is 280 g/mol. The van der Waals surface area contributed by atoms with Crippen molar-refractivity contribution in [2.24, 2.45) is 5.16 Å². The smallest absolute Gasteiger partial charge is 0.341 e. The highest BCUT2D eigenvalue weighted by Gasteiger charge is 2.26. The molecular weight excluding hydrogens is 274 g/mol. The van der Waals surface area contributed by atoms with Gasteiger partial charge >= 0.3 is 5.97 Å². The van der Waals surface area contributed by atoms with Crippen molar-refractivity contribution < 1.29 is 23.5 Å². The van der Waals surface area contributed by atoms with Gasteiger partial charge in [0.2, 0.25) is 17.0 Å². The van der Waals surface area contributed by atoms with E-state index in [9.17, 15) is 18.4 Å². The second-order valence-electron chi connectivity index (χ2n) is 4.17. The summed E-state index contributed by atoms with van der Waals surface area (Å²) in [6.45, 7) is 1.47. The lowest BCUT2D eigenvalue weighted by molar-refractivity contribution is 0.0695. The molecule has 1 aromatic carbocycles. The van der Waals surface area contributed by atoms with Gasteiger partial charge in [-0.3, -0.25) is 9.36 Å². The second kappa shape index (κ2) is 3.86. The van der Waals surface area contributed by atoms with Crippen molar-refractivity contribution in [3.05, 3.63) is 39.7 Å². The topological polar surface area (TPSA) is 80.9 Å². The minimum Gasteiger partial charge on any atom is -0.477 e. The Labute approximate surface area is 109 Å². The standard InChI is InChI=1S/C12H6F2N2O4/c1-4-15-20-11-8(14)7(13)2-5-9(11)16(4)3-6(10(5)17)12(18)19/h2-3H,1H3,(H,18,19). The molecule has 0 radical (unpaired) electrons. The van der Waals surface area contributed by atoms with E-state index in [2.05, 4.69) is 5.16 Å². The van der Waals surface area contributed by atoms with Crippen LogP contribution < -0.4 is 10.3 Å². The molecule has 0 spiro atoms. The molecule has 2 heterocycles. The van der Waals surface area contributed by atoms with Crippen LogP contribution >= 0.6 is 0 Å². The van der Waals surface area contributed by atoms with Crippen LogP contribution in [0, 0.1) is 11.6 Å². The van der Waals surface area contributed by atoms with Gasteiger partial charge in [-0.05, 0) is 13.0 Å². The molecule has 1 aliphatic heterocycles. The van der Waals surface area contributed by atoms with E-state index >= 15 is 0 Å². The van der Waals surface area contributed by atoms with E-state index in [1.165, 1.54) is 11.5 Å². The normalized spacial score (nSPS) is 13.1. The lowest BCUT2D eigenvalue weighted by Crippen LogP contribution is -2.24. The van der Waals surface area contributed by atoms with Crippen LogP contribution in [0.2, 0.25) is 0 Å². The van der Waals surface area contributed by atoms with Crippen LogP contribution in [0.1, 0.15) is 17.3 Å². The van der Waals surface area contributed by atoms with E-state index in [0.717, 1.165) is 6.20 Å². The third-order valence-electron chi connectivity index (χ3n) is 2.99. The second-order valence-corrected chi connectivity index (χ2v) is 4.17. The Hall–Kier alpha value is -2.77. The number of carboxylic acid groups (broad SMARTS) is 1. The number of pyridine rings is 1. The first-order chi connectivity index (χ1) is 9.41. The van der Waals surface area contributed by atoms with E-state index in [4.69, 9.17) is 9.94 Å². The summed E-state index contributed by atoms with van der Waals surface area (Å²) in [6, 6.07) is 0.654. The van der Waals surface area contributed by atoms with Crippen molar-refractivity contribution in [3.8, 4) is 5.75 Å². The molecule has 20 heavy (non-hydrogen) atoms. The number of halogens is 2. The van der Waals surface area contributed by atoms with Crippen molar-refractivity contribution in [2.75, 3.05) is 0 Å². The van der Waals surface area contributed by atoms with Gasteiger partial charge < -0.3 is 9.94 Å². The predicted octanol–water partition coefficient (Wildman–Crippen LogP) is 1.55. The number of nitrogens with zero attached hydrogens (tertiary/aromatic N) is 2. The maximum Gasteiger partial charge on any atom is 0.341 e. The maximum absolute atomic E-state index is 13.7. The van der Waals surface area contributed by atoms with Crippen molar-refractivity contribution >= 4 is 22.7 Å². The molecule has 6 nitrogen and oxygen atoms in total. The molecule has 2 aromatic rings. The summed E-state index contributed by atoms with van der Waals surface area (Å²) in [4.78, 5) is 27.8. The van der Waals surface area contributed by atoms with Crippen LogP contribution in [0.25, 0.3) is 10.9 Å². The number of aromatic nitrogens is 1. The van der Waals surface area contributed by atoms with Gasteiger partial charge in [-0.1, -0.05) is 5.16 Å². The lowest BCUT2D eigenvalue weighted by Gasteiger charge is -2.18. The van der Waals surface area contributed by atoms with Crippen LogP contribution in [0.15, 0.2) is 22.2 Å². The van der Waals surface area contributed by atoms with Crippen molar-refractivity contribution in [2.45, 2.75) is 6.92 Å². The Bertz CT molecular complexity index is 870. The molecule has 0 saturated heterocycles. The molecule has 0 aliphatic carbocycles. The highest BCUT2D eigenvalue weighted by atomic mass is 19.2. The molecule has 0 bridgehead atoms. The molecule has 0 fully saturated rings. The van der Waals surface area contributed by atoms with E-state index in [1.54, 1.807) is 0 Å². The van der Waals surface area contributed by atoms with Gasteiger partial charge in [0.15, 0.2) is 11.7 Å². The van der Waals surface area contributed by atoms with Crippen molar-refractivity contribution in [3.63, 3.8) is 0 Å². The van der Waals surface area contributed by atoms with Crippen LogP contribution in [0.4, 0.5) is 8.78 Å². The molecule has 8 heteroatoms. The molecule has 1 N–H and O–H groups in total. The number of carbonyl (C=O) groups is 1. The Morgan fingerprint density at radius 1 is 1.45 bits per heavy atom. The number of carboxylic acids is 1. The van der Waals surface area contributed by atoms with E-state index in [0.29, 0.717) is 6.07 Å². The molecule has 0 atom stereocenters. The van der Waals surface area contributed by atoms with Crippen LogP contribution in [0.5, 0.6) is 5.75 Å². The SMILES string of the molecule is CC1=NOc2c(F)c(F)cc3c(=O)c(C(=O)O)cn1c23. The summed E-state index contributed by atoms with van der Waals surface area (Å²) in [5.41, 5.74) is -1.53. The Balaban J connectivity index is 2.61. The summed E-state index contributed by atoms with van der Waals surface area (Å²) < 4.78 is 28.3. The van der Waals surface area contributed by atoms with Gasteiger partial charge in [-0.15, -0.1) is 0 Å². The first kappa shape index (κ1) is 12.3. The Morgan fingerprint density at radius 2 is 2.15 bits per heavy atom. The fraction of sp³-hybridized carbons (Fsp3) is 0.0833. The summed E-state index contributed by atoms with van der Waals surface area (Å²) in [6.07, 6.45) is 1.01. The number of aromatic carboxylic acids is 1. The molecule has 0 unspecified atom stereocenters. The zero-order valence-corrected chi connectivity index (χ0v) is 9.98. The third kappa shape index (κ3) is 1.44.